The molecule has 0 fully saturated rings. The molecule has 4 heteroatoms. The van der Waals surface area contributed by atoms with Crippen LogP contribution < -0.4 is 5.73 Å². The Bertz CT molecular complexity index is 405. The van der Waals surface area contributed by atoms with Gasteiger partial charge in [-0.3, -0.25) is 0 Å². The highest BCUT2D eigenvalue weighted by atomic mass is 32.2. The largest absolute Gasteiger partial charge is 0.462 e. The molecule has 0 heterocycles. The standard InChI is InChI=1S/C14H21NO2S/c1-4-17-14(16)11-6-5-7-12(15)13(11)18-9-8-10(2)3/h5-7,10H,4,8-9,15H2,1-3H3. The maximum absolute atomic E-state index is 11.8. The first-order valence-corrected chi connectivity index (χ1v) is 7.23. The maximum Gasteiger partial charge on any atom is 0.339 e. The highest BCUT2D eigenvalue weighted by Crippen LogP contribution is 2.30. The number of thioether (sulfide) groups is 1. The number of benzene rings is 1. The van der Waals surface area contributed by atoms with Crippen LogP contribution in [0.2, 0.25) is 0 Å². The third kappa shape index (κ3) is 4.26. The Morgan fingerprint density at radius 1 is 1.44 bits per heavy atom. The minimum atomic E-state index is -0.295. The van der Waals surface area contributed by atoms with Gasteiger partial charge in [0.05, 0.1) is 12.2 Å². The van der Waals surface area contributed by atoms with E-state index in [0.717, 1.165) is 17.1 Å². The van der Waals surface area contributed by atoms with Gasteiger partial charge in [0.25, 0.3) is 0 Å². The lowest BCUT2D eigenvalue weighted by Crippen LogP contribution is -2.08. The number of esters is 1. The second kappa shape index (κ2) is 7.31. The summed E-state index contributed by atoms with van der Waals surface area (Å²) in [5.74, 6) is 1.31. The van der Waals surface area contributed by atoms with Gasteiger partial charge in [0.15, 0.2) is 0 Å². The lowest BCUT2D eigenvalue weighted by Gasteiger charge is -2.11. The Balaban J connectivity index is 2.83. The molecule has 0 bridgehead atoms. The van der Waals surface area contributed by atoms with Gasteiger partial charge in [-0.15, -0.1) is 11.8 Å². The van der Waals surface area contributed by atoms with Crippen molar-refractivity contribution < 1.29 is 9.53 Å². The predicted molar refractivity (Wildman–Crippen MR) is 77.0 cm³/mol. The molecule has 18 heavy (non-hydrogen) atoms. The second-order valence-corrected chi connectivity index (χ2v) is 5.58. The smallest absolute Gasteiger partial charge is 0.339 e. The van der Waals surface area contributed by atoms with Crippen LogP contribution in [0.15, 0.2) is 23.1 Å². The van der Waals surface area contributed by atoms with Crippen LogP contribution in [0.25, 0.3) is 0 Å². The second-order valence-electron chi connectivity index (χ2n) is 4.48. The topological polar surface area (TPSA) is 52.3 Å². The van der Waals surface area contributed by atoms with Gasteiger partial charge in [0, 0.05) is 10.6 Å². The summed E-state index contributed by atoms with van der Waals surface area (Å²) >= 11 is 1.63. The van der Waals surface area contributed by atoms with Crippen LogP contribution in [0.4, 0.5) is 5.69 Å². The fourth-order valence-corrected chi connectivity index (χ4v) is 2.82. The fraction of sp³-hybridized carbons (Fsp3) is 0.500. The summed E-state index contributed by atoms with van der Waals surface area (Å²) < 4.78 is 5.04. The Hall–Kier alpha value is -1.16. The van der Waals surface area contributed by atoms with Gasteiger partial charge in [0.1, 0.15) is 0 Å². The van der Waals surface area contributed by atoms with E-state index < -0.39 is 0 Å². The summed E-state index contributed by atoms with van der Waals surface area (Å²) in [6, 6.07) is 5.38. The van der Waals surface area contributed by atoms with Gasteiger partial charge < -0.3 is 10.5 Å². The summed E-state index contributed by atoms with van der Waals surface area (Å²) in [7, 11) is 0. The van der Waals surface area contributed by atoms with E-state index in [1.807, 2.05) is 6.07 Å². The van der Waals surface area contributed by atoms with Crippen LogP contribution in [-0.4, -0.2) is 18.3 Å². The zero-order chi connectivity index (χ0) is 13.5. The first-order valence-electron chi connectivity index (χ1n) is 6.24. The van der Waals surface area contributed by atoms with E-state index in [1.54, 1.807) is 30.8 Å². The highest BCUT2D eigenvalue weighted by Gasteiger charge is 2.15. The molecule has 0 aliphatic carbocycles. The van der Waals surface area contributed by atoms with Crippen LogP contribution in [0.1, 0.15) is 37.6 Å². The van der Waals surface area contributed by atoms with E-state index in [9.17, 15) is 4.79 Å². The molecule has 100 valence electrons. The normalized spacial score (nSPS) is 10.7. The van der Waals surface area contributed by atoms with Crippen LogP contribution >= 0.6 is 11.8 Å². The summed E-state index contributed by atoms with van der Waals surface area (Å²) in [6.45, 7) is 6.54. The minimum Gasteiger partial charge on any atom is -0.462 e. The lowest BCUT2D eigenvalue weighted by atomic mass is 10.2. The fourth-order valence-electron chi connectivity index (χ4n) is 1.48. The van der Waals surface area contributed by atoms with Crippen LogP contribution in [0.3, 0.4) is 0 Å². The van der Waals surface area contributed by atoms with Crippen molar-refractivity contribution in [2.75, 3.05) is 18.1 Å². The molecule has 1 aromatic carbocycles. The van der Waals surface area contributed by atoms with Crippen LogP contribution in [0, 0.1) is 5.92 Å². The number of rotatable bonds is 6. The lowest BCUT2D eigenvalue weighted by molar-refractivity contribution is 0.0522. The molecule has 0 unspecified atom stereocenters. The van der Waals surface area contributed by atoms with Gasteiger partial charge in [-0.25, -0.2) is 4.79 Å². The number of carbonyl (C=O) groups is 1. The van der Waals surface area contributed by atoms with Gasteiger partial charge in [0.2, 0.25) is 0 Å². The number of carbonyl (C=O) groups excluding carboxylic acids is 1. The van der Waals surface area contributed by atoms with Gasteiger partial charge in [-0.2, -0.15) is 0 Å². The molecule has 0 atom stereocenters. The number of anilines is 1. The molecular formula is C14H21NO2S. The highest BCUT2D eigenvalue weighted by molar-refractivity contribution is 7.99. The minimum absolute atomic E-state index is 0.295. The van der Waals surface area contributed by atoms with E-state index in [0.29, 0.717) is 23.8 Å². The molecule has 0 aliphatic rings. The Morgan fingerprint density at radius 2 is 2.17 bits per heavy atom. The van der Waals surface area contributed by atoms with Crippen LogP contribution in [0.5, 0.6) is 0 Å². The van der Waals surface area contributed by atoms with Gasteiger partial charge in [-0.1, -0.05) is 19.9 Å². The Labute approximate surface area is 113 Å². The van der Waals surface area contributed by atoms with Crippen LogP contribution in [-0.2, 0) is 4.74 Å². The average Bonchev–Trinajstić information content (AvgIpc) is 2.31. The first kappa shape index (κ1) is 14.9. The SMILES string of the molecule is CCOC(=O)c1cccc(N)c1SCCC(C)C. The van der Waals surface area contributed by atoms with Crippen molar-refractivity contribution >= 4 is 23.4 Å². The number of ether oxygens (including phenoxy) is 1. The number of nitrogen functional groups attached to an aromatic ring is 1. The zero-order valence-electron chi connectivity index (χ0n) is 11.2. The third-order valence-corrected chi connectivity index (χ3v) is 3.67. The van der Waals surface area contributed by atoms with Gasteiger partial charge >= 0.3 is 5.97 Å². The third-order valence-electron chi connectivity index (χ3n) is 2.48. The number of hydrogen-bond acceptors (Lipinski definition) is 4. The summed E-state index contributed by atoms with van der Waals surface area (Å²) in [5, 5.41) is 0. The van der Waals surface area contributed by atoms with Crippen molar-refractivity contribution in [3.63, 3.8) is 0 Å². The first-order chi connectivity index (χ1) is 8.56. The summed E-state index contributed by atoms with van der Waals surface area (Å²) in [6.07, 6.45) is 1.10. The quantitative estimate of drug-likeness (QED) is 0.486. The molecule has 3 nitrogen and oxygen atoms in total. The van der Waals surface area contributed by atoms with E-state index >= 15 is 0 Å². The molecule has 0 aromatic heterocycles. The van der Waals surface area contributed by atoms with Crippen molar-refractivity contribution in [1.29, 1.82) is 0 Å². The molecule has 0 aliphatic heterocycles. The molecule has 1 rings (SSSR count). The Morgan fingerprint density at radius 3 is 2.78 bits per heavy atom. The van der Waals surface area contributed by atoms with E-state index in [1.165, 1.54) is 0 Å². The van der Waals surface area contributed by atoms with Gasteiger partial charge in [-0.05, 0) is 37.1 Å². The molecule has 0 amide bonds. The molecule has 0 saturated heterocycles. The molecular weight excluding hydrogens is 246 g/mol. The van der Waals surface area contributed by atoms with E-state index in [-0.39, 0.29) is 5.97 Å². The zero-order valence-corrected chi connectivity index (χ0v) is 12.0. The molecule has 0 saturated carbocycles. The molecule has 1 aromatic rings. The molecule has 2 N–H and O–H groups in total. The van der Waals surface area contributed by atoms with Crippen molar-refractivity contribution in [3.05, 3.63) is 23.8 Å². The number of nitrogens with two attached hydrogens (primary N) is 1. The number of hydrogen-bond donors (Lipinski definition) is 1. The summed E-state index contributed by atoms with van der Waals surface area (Å²) in [4.78, 5) is 12.7. The monoisotopic (exact) mass is 267 g/mol. The predicted octanol–water partition coefficient (Wildman–Crippen LogP) is 3.58. The van der Waals surface area contributed by atoms with Crippen molar-refractivity contribution in [2.45, 2.75) is 32.1 Å². The van der Waals surface area contributed by atoms with E-state index in [4.69, 9.17) is 10.5 Å². The molecule has 0 spiro atoms. The van der Waals surface area contributed by atoms with Crippen molar-refractivity contribution in [1.82, 2.24) is 0 Å². The van der Waals surface area contributed by atoms with Crippen molar-refractivity contribution in [3.8, 4) is 0 Å². The van der Waals surface area contributed by atoms with E-state index in [2.05, 4.69) is 13.8 Å². The van der Waals surface area contributed by atoms with Crippen molar-refractivity contribution in [2.24, 2.45) is 5.92 Å². The maximum atomic E-state index is 11.8. The Kier molecular flexibility index (Phi) is 6.05. The average molecular weight is 267 g/mol. The molecule has 0 radical (unpaired) electrons. The summed E-state index contributed by atoms with van der Waals surface area (Å²) in [5.41, 5.74) is 7.17.